The highest BCUT2D eigenvalue weighted by Crippen LogP contribution is 2.64. The van der Waals surface area contributed by atoms with Crippen molar-refractivity contribution in [2.24, 2.45) is 16.2 Å². The van der Waals surface area contributed by atoms with Crippen LogP contribution < -0.4 is 0 Å². The Balaban J connectivity index is 3.39. The summed E-state index contributed by atoms with van der Waals surface area (Å²) in [5, 5.41) is 9.48. The van der Waals surface area contributed by atoms with E-state index in [-0.39, 0.29) is 22.9 Å². The van der Waals surface area contributed by atoms with Crippen LogP contribution in [0.5, 0.6) is 0 Å². The molecule has 1 aliphatic rings. The third kappa shape index (κ3) is 1.05. The fourth-order valence-electron chi connectivity index (χ4n) is 2.79. The Morgan fingerprint density at radius 2 is 1.36 bits per heavy atom. The average Bonchev–Trinajstić information content (AvgIpc) is 2.10. The van der Waals surface area contributed by atoms with E-state index in [0.29, 0.717) is 0 Å². The highest BCUT2D eigenvalue weighted by molar-refractivity contribution is 5.37. The molecule has 0 unspecified atom stereocenters. The molecule has 14 heavy (non-hydrogen) atoms. The van der Waals surface area contributed by atoms with Crippen LogP contribution in [0.4, 0.5) is 0 Å². The van der Waals surface area contributed by atoms with Crippen molar-refractivity contribution in [1.82, 2.24) is 0 Å². The van der Waals surface area contributed by atoms with E-state index in [2.05, 4.69) is 48.5 Å². The van der Waals surface area contributed by atoms with E-state index in [1.165, 1.54) is 11.1 Å². The molecule has 0 aromatic rings. The molecule has 0 atom stereocenters. The van der Waals surface area contributed by atoms with Gasteiger partial charge in [-0.05, 0) is 28.7 Å². The van der Waals surface area contributed by atoms with Crippen molar-refractivity contribution in [2.75, 3.05) is 6.61 Å². The van der Waals surface area contributed by atoms with E-state index in [9.17, 15) is 5.11 Å². The fourth-order valence-corrected chi connectivity index (χ4v) is 2.79. The normalized spacial score (nSPS) is 28.3. The Labute approximate surface area is 88.2 Å². The molecule has 1 N–H and O–H groups in total. The van der Waals surface area contributed by atoms with Gasteiger partial charge in [0.2, 0.25) is 0 Å². The molecular formula is C13H24O. The quantitative estimate of drug-likeness (QED) is 0.637. The predicted molar refractivity (Wildman–Crippen MR) is 61.1 cm³/mol. The third-order valence-corrected chi connectivity index (χ3v) is 5.43. The van der Waals surface area contributed by atoms with Gasteiger partial charge in [0.1, 0.15) is 0 Å². The number of aliphatic hydroxyl groups is 1. The Bertz CT molecular complexity index is 280. The molecule has 0 aromatic heterocycles. The highest BCUT2D eigenvalue weighted by Gasteiger charge is 2.56. The largest absolute Gasteiger partial charge is 0.392 e. The molecular weight excluding hydrogens is 172 g/mol. The predicted octanol–water partition coefficient (Wildman–Crippen LogP) is 3.39. The van der Waals surface area contributed by atoms with Gasteiger partial charge in [-0.25, -0.2) is 0 Å². The van der Waals surface area contributed by atoms with E-state index in [1.54, 1.807) is 0 Å². The second kappa shape index (κ2) is 2.85. The lowest BCUT2D eigenvalue weighted by Crippen LogP contribution is -2.39. The third-order valence-electron chi connectivity index (χ3n) is 5.43. The maximum atomic E-state index is 9.48. The van der Waals surface area contributed by atoms with Crippen LogP contribution in [0.25, 0.3) is 0 Å². The first-order valence-corrected chi connectivity index (χ1v) is 5.42. The number of hydrogen-bond donors (Lipinski definition) is 1. The van der Waals surface area contributed by atoms with E-state index >= 15 is 0 Å². The van der Waals surface area contributed by atoms with Gasteiger partial charge in [0.15, 0.2) is 0 Å². The zero-order valence-electron chi connectivity index (χ0n) is 10.7. The number of aliphatic hydroxyl groups excluding tert-OH is 1. The molecule has 0 radical (unpaired) electrons. The number of allylic oxidation sites excluding steroid dienone is 1. The van der Waals surface area contributed by atoms with Crippen LogP contribution in [-0.2, 0) is 0 Å². The summed E-state index contributed by atoms with van der Waals surface area (Å²) < 4.78 is 0. The summed E-state index contributed by atoms with van der Waals surface area (Å²) in [4.78, 5) is 0. The van der Waals surface area contributed by atoms with Crippen molar-refractivity contribution in [3.8, 4) is 0 Å². The fraction of sp³-hybridized carbons (Fsp3) is 0.846. The zero-order chi connectivity index (χ0) is 11.4. The van der Waals surface area contributed by atoms with Gasteiger partial charge in [0.25, 0.3) is 0 Å². The van der Waals surface area contributed by atoms with Crippen LogP contribution in [0, 0.1) is 16.2 Å². The van der Waals surface area contributed by atoms with Crippen LogP contribution >= 0.6 is 0 Å². The molecule has 1 heteroatoms. The van der Waals surface area contributed by atoms with Gasteiger partial charge in [-0.3, -0.25) is 0 Å². The molecule has 0 aliphatic heterocycles. The van der Waals surface area contributed by atoms with E-state index in [0.717, 1.165) is 0 Å². The van der Waals surface area contributed by atoms with Crippen molar-refractivity contribution in [3.05, 3.63) is 11.1 Å². The minimum absolute atomic E-state index is 0.0926. The van der Waals surface area contributed by atoms with Crippen molar-refractivity contribution in [2.45, 2.75) is 48.5 Å². The maximum absolute atomic E-state index is 9.48. The lowest BCUT2D eigenvalue weighted by molar-refractivity contribution is 0.0568. The summed E-state index contributed by atoms with van der Waals surface area (Å²) >= 11 is 0. The lowest BCUT2D eigenvalue weighted by atomic mass is 9.58. The standard InChI is InChI=1S/C13H24O/c1-9-10(8-14)12(4,5)13(6,7)11(9,2)3/h14H,8H2,1-7H3. The van der Waals surface area contributed by atoms with E-state index < -0.39 is 0 Å². The van der Waals surface area contributed by atoms with Gasteiger partial charge < -0.3 is 5.11 Å². The lowest BCUT2D eigenvalue weighted by Gasteiger charge is -2.46. The molecule has 0 aromatic carbocycles. The summed E-state index contributed by atoms with van der Waals surface area (Å²) in [6, 6.07) is 0. The first kappa shape index (κ1) is 11.8. The van der Waals surface area contributed by atoms with Crippen LogP contribution in [0.15, 0.2) is 11.1 Å². The van der Waals surface area contributed by atoms with Crippen LogP contribution in [-0.4, -0.2) is 11.7 Å². The molecule has 1 nitrogen and oxygen atoms in total. The van der Waals surface area contributed by atoms with Crippen LogP contribution in [0.2, 0.25) is 0 Å². The first-order chi connectivity index (χ1) is 6.10. The molecule has 0 saturated carbocycles. The zero-order valence-corrected chi connectivity index (χ0v) is 10.7. The summed E-state index contributed by atoms with van der Waals surface area (Å²) in [7, 11) is 0. The minimum atomic E-state index is 0.0926. The number of rotatable bonds is 1. The van der Waals surface area contributed by atoms with Crippen LogP contribution in [0.1, 0.15) is 48.5 Å². The molecule has 0 heterocycles. The molecule has 0 bridgehead atoms. The summed E-state index contributed by atoms with van der Waals surface area (Å²) in [5.41, 5.74) is 3.06. The first-order valence-electron chi connectivity index (χ1n) is 5.42. The molecule has 82 valence electrons. The van der Waals surface area contributed by atoms with Gasteiger partial charge in [-0.2, -0.15) is 0 Å². The van der Waals surface area contributed by atoms with Crippen molar-refractivity contribution >= 4 is 0 Å². The van der Waals surface area contributed by atoms with Crippen LogP contribution in [0.3, 0.4) is 0 Å². The minimum Gasteiger partial charge on any atom is -0.392 e. The van der Waals surface area contributed by atoms with E-state index in [4.69, 9.17) is 0 Å². The van der Waals surface area contributed by atoms with Gasteiger partial charge in [-0.15, -0.1) is 0 Å². The monoisotopic (exact) mass is 196 g/mol. The summed E-state index contributed by atoms with van der Waals surface area (Å²) in [6.45, 7) is 16.0. The molecule has 0 saturated heterocycles. The van der Waals surface area contributed by atoms with Crippen molar-refractivity contribution < 1.29 is 5.11 Å². The van der Waals surface area contributed by atoms with Crippen molar-refractivity contribution in [3.63, 3.8) is 0 Å². The highest BCUT2D eigenvalue weighted by atomic mass is 16.3. The average molecular weight is 196 g/mol. The Morgan fingerprint density at radius 1 is 0.929 bits per heavy atom. The SMILES string of the molecule is CC1=C(CO)C(C)(C)C(C)(C)C1(C)C. The van der Waals surface area contributed by atoms with E-state index in [1.807, 2.05) is 0 Å². The Hall–Kier alpha value is -0.300. The van der Waals surface area contributed by atoms with Gasteiger partial charge >= 0.3 is 0 Å². The molecule has 1 aliphatic carbocycles. The summed E-state index contributed by atoms with van der Waals surface area (Å²) in [5.74, 6) is 0. The van der Waals surface area contributed by atoms with Gasteiger partial charge in [-0.1, -0.05) is 47.1 Å². The second-order valence-corrected chi connectivity index (χ2v) is 6.14. The summed E-state index contributed by atoms with van der Waals surface area (Å²) in [6.07, 6.45) is 0. The topological polar surface area (TPSA) is 20.2 Å². The number of hydrogen-bond acceptors (Lipinski definition) is 1. The van der Waals surface area contributed by atoms with Crippen molar-refractivity contribution in [1.29, 1.82) is 0 Å². The maximum Gasteiger partial charge on any atom is 0.0649 e. The Morgan fingerprint density at radius 3 is 1.50 bits per heavy atom. The molecule has 1 rings (SSSR count). The molecule has 0 amide bonds. The second-order valence-electron chi connectivity index (χ2n) is 6.14. The molecule has 0 fully saturated rings. The van der Waals surface area contributed by atoms with Gasteiger partial charge in [0, 0.05) is 0 Å². The Kier molecular flexibility index (Phi) is 2.40. The smallest absolute Gasteiger partial charge is 0.0649 e. The molecule has 0 spiro atoms. The van der Waals surface area contributed by atoms with Gasteiger partial charge in [0.05, 0.1) is 6.61 Å².